The summed E-state index contributed by atoms with van der Waals surface area (Å²) in [6, 6.07) is 51.4. The average molecular weight is 676 g/mol. The Hall–Kier alpha value is -6.91. The van der Waals surface area contributed by atoms with Crippen molar-refractivity contribution in [2.45, 2.75) is 0 Å². The van der Waals surface area contributed by atoms with Gasteiger partial charge in [0.25, 0.3) is 13.4 Å². The summed E-state index contributed by atoms with van der Waals surface area (Å²) >= 11 is 0. The van der Waals surface area contributed by atoms with Gasteiger partial charge < -0.3 is 18.3 Å². The lowest BCUT2D eigenvalue weighted by Gasteiger charge is -2.45. The van der Waals surface area contributed by atoms with E-state index in [9.17, 15) is 0 Å². The van der Waals surface area contributed by atoms with Crippen LogP contribution in [0.1, 0.15) is 0 Å². The minimum Gasteiger partial charge on any atom is -0.310 e. The molecule has 54 heavy (non-hydrogen) atoms. The van der Waals surface area contributed by atoms with E-state index in [2.05, 4.69) is 152 Å². The summed E-state index contributed by atoms with van der Waals surface area (Å²) in [7, 11) is 0. The van der Waals surface area contributed by atoms with Gasteiger partial charge in [0, 0.05) is 65.8 Å². The minimum atomic E-state index is 0.123. The predicted octanol–water partition coefficient (Wildman–Crippen LogP) is 6.67. The fourth-order valence-electron chi connectivity index (χ4n) is 12.9. The molecule has 0 radical (unpaired) electrons. The van der Waals surface area contributed by atoms with Gasteiger partial charge in [-0.1, -0.05) is 72.8 Å². The molecule has 0 N–H and O–H groups in total. The molecule has 5 aliphatic heterocycles. The number of rotatable bonds is 0. The van der Waals surface area contributed by atoms with Crippen LogP contribution in [-0.2, 0) is 0 Å². The van der Waals surface area contributed by atoms with Crippen molar-refractivity contribution in [3.05, 3.63) is 133 Å². The molecule has 9 heterocycles. The van der Waals surface area contributed by atoms with Crippen molar-refractivity contribution in [1.29, 1.82) is 0 Å². The van der Waals surface area contributed by atoms with E-state index in [1.807, 2.05) is 0 Å². The Morgan fingerprint density at radius 2 is 0.519 bits per heavy atom. The highest BCUT2D eigenvalue weighted by molar-refractivity contribution is 7.15. The van der Waals surface area contributed by atoms with Gasteiger partial charge in [0.2, 0.25) is 0 Å². The first-order valence-corrected chi connectivity index (χ1v) is 19.2. The molecular weight excluding hydrogens is 654 g/mol. The van der Waals surface area contributed by atoms with Crippen LogP contribution in [0.25, 0.3) is 110 Å². The van der Waals surface area contributed by atoms with Gasteiger partial charge in [-0.15, -0.1) is 0 Å². The summed E-state index contributed by atoms with van der Waals surface area (Å²) in [6.45, 7) is 0.245. The molecule has 0 saturated heterocycles. The molecule has 5 aliphatic rings. The third-order valence-corrected chi connectivity index (χ3v) is 14.4. The number of nitrogens with zero attached hydrogens (tertiary/aromatic N) is 4. The van der Waals surface area contributed by atoms with E-state index in [1.165, 1.54) is 143 Å². The van der Waals surface area contributed by atoms with Crippen molar-refractivity contribution in [3.8, 4) is 22.7 Å². The maximum Gasteiger partial charge on any atom is 0.251 e. The molecule has 0 unspecified atom stereocenters. The largest absolute Gasteiger partial charge is 0.310 e. The second-order valence-corrected chi connectivity index (χ2v) is 16.3. The van der Waals surface area contributed by atoms with E-state index >= 15 is 0 Å². The van der Waals surface area contributed by atoms with Crippen LogP contribution >= 0.6 is 0 Å². The molecule has 12 aromatic rings. The number of fused-ring (bicyclic) bond motifs is 16. The zero-order chi connectivity index (χ0) is 34.0. The number of aromatic nitrogens is 4. The van der Waals surface area contributed by atoms with Gasteiger partial charge >= 0.3 is 0 Å². The van der Waals surface area contributed by atoms with Crippen LogP contribution in [0, 0.1) is 0 Å². The molecular formula is C48H22B2N4. The average Bonchev–Trinajstić information content (AvgIpc) is 3.95. The van der Waals surface area contributed by atoms with Crippen molar-refractivity contribution in [1.82, 2.24) is 18.3 Å². The van der Waals surface area contributed by atoms with Crippen LogP contribution in [-0.4, -0.2) is 31.7 Å². The number of hydrogen-bond acceptors (Lipinski definition) is 0. The monoisotopic (exact) mass is 676 g/mol. The fraction of sp³-hybridized carbons (Fsp3) is 0. The van der Waals surface area contributed by atoms with Crippen LogP contribution in [0.3, 0.4) is 0 Å². The van der Waals surface area contributed by atoms with E-state index in [0.717, 1.165) is 0 Å². The maximum absolute atomic E-state index is 2.65. The summed E-state index contributed by atoms with van der Waals surface area (Å²) < 4.78 is 10.6. The summed E-state index contributed by atoms with van der Waals surface area (Å²) in [4.78, 5) is 0. The molecule has 0 spiro atoms. The Morgan fingerprint density at radius 3 is 0.796 bits per heavy atom. The Balaban J connectivity index is 1.23. The quantitative estimate of drug-likeness (QED) is 0.160. The predicted molar refractivity (Wildman–Crippen MR) is 227 cm³/mol. The van der Waals surface area contributed by atoms with E-state index in [-0.39, 0.29) is 13.4 Å². The first-order valence-electron chi connectivity index (χ1n) is 19.2. The van der Waals surface area contributed by atoms with Crippen molar-refractivity contribution in [2.75, 3.05) is 0 Å². The second kappa shape index (κ2) is 7.59. The standard InChI is InChI=1S/C48H22B2N4/c1-5-13-31-23(9-1)27-21-28-24-10-2-6-14-32(24)52-37-19-20-38-42-41(37)49-39-35(51(31)45(27)43(49)46(28)52)17-18-36-40(39)50(42)44-47-29(25-11-3-7-15-33(25)53(36)47)22-30-26-12-4-8-16-34(26)54(38)48(30)44/h1-22H. The number of para-hydroxylation sites is 4. The molecule has 4 nitrogen and oxygen atoms in total. The lowest BCUT2D eigenvalue weighted by molar-refractivity contribution is 1.13. The van der Waals surface area contributed by atoms with Gasteiger partial charge in [-0.25, -0.2) is 0 Å². The molecule has 0 bridgehead atoms. The highest BCUT2D eigenvalue weighted by atomic mass is 15.1. The van der Waals surface area contributed by atoms with Crippen LogP contribution in [0.15, 0.2) is 133 Å². The number of benzene rings is 8. The highest BCUT2D eigenvalue weighted by Gasteiger charge is 2.54. The van der Waals surface area contributed by atoms with E-state index in [4.69, 9.17) is 0 Å². The highest BCUT2D eigenvalue weighted by Crippen LogP contribution is 2.46. The molecule has 240 valence electrons. The summed E-state index contributed by atoms with van der Waals surface area (Å²) in [6.07, 6.45) is 0. The van der Waals surface area contributed by atoms with Crippen molar-refractivity contribution in [3.63, 3.8) is 0 Å². The van der Waals surface area contributed by atoms with Crippen molar-refractivity contribution < 1.29 is 0 Å². The van der Waals surface area contributed by atoms with Crippen molar-refractivity contribution >= 4 is 133 Å². The topological polar surface area (TPSA) is 19.7 Å². The summed E-state index contributed by atoms with van der Waals surface area (Å²) in [5.41, 5.74) is 25.0. The van der Waals surface area contributed by atoms with Gasteiger partial charge in [0.05, 0.1) is 44.1 Å². The second-order valence-electron chi connectivity index (χ2n) is 16.3. The molecule has 0 amide bonds. The fourth-order valence-corrected chi connectivity index (χ4v) is 12.9. The molecule has 0 atom stereocenters. The molecule has 0 saturated carbocycles. The van der Waals surface area contributed by atoms with E-state index in [0.29, 0.717) is 0 Å². The van der Waals surface area contributed by atoms with Gasteiger partial charge in [0.1, 0.15) is 0 Å². The van der Waals surface area contributed by atoms with E-state index < -0.39 is 0 Å². The van der Waals surface area contributed by atoms with Gasteiger partial charge in [-0.2, -0.15) is 0 Å². The lowest BCUT2D eigenvalue weighted by atomic mass is 9.18. The van der Waals surface area contributed by atoms with Crippen LogP contribution in [0.2, 0.25) is 0 Å². The molecule has 8 aromatic carbocycles. The summed E-state index contributed by atoms with van der Waals surface area (Å²) in [5.74, 6) is 0. The number of hydrogen-bond donors (Lipinski definition) is 0. The molecule has 6 heteroatoms. The van der Waals surface area contributed by atoms with Gasteiger partial charge in [0.15, 0.2) is 0 Å². The zero-order valence-corrected chi connectivity index (χ0v) is 28.6. The smallest absolute Gasteiger partial charge is 0.251 e. The normalized spacial score (nSPS) is 14.6. The Bertz CT molecular complexity index is 3470. The van der Waals surface area contributed by atoms with Crippen LogP contribution in [0.5, 0.6) is 0 Å². The first kappa shape index (κ1) is 25.1. The summed E-state index contributed by atoms with van der Waals surface area (Å²) in [5, 5.41) is 10.8. The van der Waals surface area contributed by atoms with Gasteiger partial charge in [-0.05, 0) is 93.4 Å². The maximum atomic E-state index is 2.65. The Kier molecular flexibility index (Phi) is 3.53. The van der Waals surface area contributed by atoms with Gasteiger partial charge in [-0.3, -0.25) is 0 Å². The SMILES string of the molecule is c1ccc2c(c1)c1cc3c4ccccc4n4c3c3c1n2-c1ccc2c5c1B3c1c-4ccc3c1B5c1c4c(cc5c6ccccc6n-3c15)c1ccccc1n4-2. The van der Waals surface area contributed by atoms with Crippen molar-refractivity contribution in [2.24, 2.45) is 0 Å². The molecule has 0 fully saturated rings. The molecule has 0 aliphatic carbocycles. The lowest BCUT2D eigenvalue weighted by Crippen LogP contribution is -2.80. The minimum absolute atomic E-state index is 0.123. The first-order chi connectivity index (χ1) is 26.9. The van der Waals surface area contributed by atoms with Crippen LogP contribution in [0.4, 0.5) is 0 Å². The Morgan fingerprint density at radius 1 is 0.259 bits per heavy atom. The third-order valence-electron chi connectivity index (χ3n) is 14.4. The van der Waals surface area contributed by atoms with Crippen LogP contribution < -0.4 is 32.8 Å². The third kappa shape index (κ3) is 2.21. The molecule has 17 rings (SSSR count). The van der Waals surface area contributed by atoms with E-state index in [1.54, 1.807) is 0 Å². The Labute approximate surface area is 306 Å². The molecule has 4 aromatic heterocycles. The zero-order valence-electron chi connectivity index (χ0n) is 28.6.